The van der Waals surface area contributed by atoms with Gasteiger partial charge in [0.25, 0.3) is 0 Å². The summed E-state index contributed by atoms with van der Waals surface area (Å²) in [6, 6.07) is 6.38. The zero-order chi connectivity index (χ0) is 28.0. The van der Waals surface area contributed by atoms with Crippen molar-refractivity contribution in [3.63, 3.8) is 0 Å². The third-order valence-electron chi connectivity index (χ3n) is 7.05. The maximum absolute atomic E-state index is 13.7. The fraction of sp³-hybridized carbons (Fsp3) is 0.407. The van der Waals surface area contributed by atoms with E-state index in [1.807, 2.05) is 13.8 Å². The van der Waals surface area contributed by atoms with Crippen LogP contribution in [0.2, 0.25) is 0 Å². The molecule has 0 radical (unpaired) electrons. The number of phenolic OH excluding ortho intramolecular Hbond substituents is 3. The molecule has 11 heteroatoms. The first kappa shape index (κ1) is 27.4. The quantitative estimate of drug-likeness (QED) is 0.165. The molecular formula is C27H30O11. The molecule has 2 aromatic carbocycles. The second-order valence-electron chi connectivity index (χ2n) is 9.72. The molecule has 4 rings (SSSR count). The predicted molar refractivity (Wildman–Crippen MR) is 131 cm³/mol. The Labute approximate surface area is 218 Å². The number of esters is 1. The lowest BCUT2D eigenvalue weighted by Crippen LogP contribution is -2.61. The standard InChI is InChI=1S/C27H30O11/c1-13(2)4-9-16-18(29)11-21(36-3)22(23(16)32)19(30)10-17(14-5-7-15(28)8-6-14)26(34)25(33)38-24-20(31)12-37-27(24,26)35/h4-8,11,17,20,24,28-29,31-32,34-35H,9-10,12H2,1-3H3. The molecule has 11 nitrogen and oxygen atoms in total. The number of allylic oxidation sites excluding steroid dienone is 2. The van der Waals surface area contributed by atoms with Crippen molar-refractivity contribution in [1.82, 2.24) is 0 Å². The van der Waals surface area contributed by atoms with Crippen LogP contribution >= 0.6 is 0 Å². The van der Waals surface area contributed by atoms with Gasteiger partial charge in [0.05, 0.1) is 13.7 Å². The predicted octanol–water partition coefficient (Wildman–Crippen LogP) is 1.41. The highest BCUT2D eigenvalue weighted by molar-refractivity contribution is 6.03. The Kier molecular flexibility index (Phi) is 7.15. The molecule has 6 N–H and O–H groups in total. The van der Waals surface area contributed by atoms with Gasteiger partial charge >= 0.3 is 5.97 Å². The van der Waals surface area contributed by atoms with E-state index < -0.39 is 60.0 Å². The van der Waals surface area contributed by atoms with Crippen LogP contribution in [0.4, 0.5) is 0 Å². The number of aromatic hydroxyl groups is 3. The zero-order valence-electron chi connectivity index (χ0n) is 21.0. The summed E-state index contributed by atoms with van der Waals surface area (Å²) in [4.78, 5) is 26.7. The Hall–Kier alpha value is -3.64. The SMILES string of the molecule is COc1cc(O)c(CC=C(C)C)c(O)c1C(=O)CC(c1ccc(O)cc1)C1(O)C(=O)OC2C(O)COC21O. The van der Waals surface area contributed by atoms with Crippen molar-refractivity contribution in [3.8, 4) is 23.0 Å². The minimum absolute atomic E-state index is 0.0662. The average Bonchev–Trinajstić information content (AvgIpc) is 3.26. The number of aliphatic hydroxyl groups excluding tert-OH is 1. The highest BCUT2D eigenvalue weighted by Crippen LogP contribution is 2.52. The number of Topliss-reactive ketones (excluding diaryl/α,β-unsaturated/α-hetero) is 1. The van der Waals surface area contributed by atoms with E-state index in [2.05, 4.69) is 0 Å². The summed E-state index contributed by atoms with van der Waals surface area (Å²) in [5.41, 5.74) is -2.04. The largest absolute Gasteiger partial charge is 0.508 e. The number of ether oxygens (including phenoxy) is 3. The fourth-order valence-corrected chi connectivity index (χ4v) is 4.98. The van der Waals surface area contributed by atoms with Crippen LogP contribution in [0.15, 0.2) is 42.0 Å². The number of ketones is 1. The summed E-state index contributed by atoms with van der Waals surface area (Å²) in [5, 5.41) is 64.4. The molecule has 5 atom stereocenters. The first-order valence-corrected chi connectivity index (χ1v) is 11.9. The van der Waals surface area contributed by atoms with Gasteiger partial charge in [0.1, 0.15) is 34.7 Å². The number of carbonyl (C=O) groups is 2. The first-order chi connectivity index (χ1) is 17.8. The van der Waals surface area contributed by atoms with Gasteiger partial charge in [-0.2, -0.15) is 0 Å². The van der Waals surface area contributed by atoms with Crippen LogP contribution in [0.3, 0.4) is 0 Å². The Balaban J connectivity index is 1.83. The molecule has 2 aliphatic rings. The van der Waals surface area contributed by atoms with Crippen molar-refractivity contribution >= 4 is 11.8 Å². The molecule has 0 spiro atoms. The van der Waals surface area contributed by atoms with Gasteiger partial charge < -0.3 is 44.8 Å². The lowest BCUT2D eigenvalue weighted by molar-refractivity contribution is -0.268. The second kappa shape index (κ2) is 9.91. The first-order valence-electron chi connectivity index (χ1n) is 11.9. The molecule has 2 aromatic rings. The molecule has 38 heavy (non-hydrogen) atoms. The van der Waals surface area contributed by atoms with Crippen LogP contribution in [0, 0.1) is 0 Å². The van der Waals surface area contributed by atoms with E-state index in [9.17, 15) is 40.2 Å². The minimum Gasteiger partial charge on any atom is -0.508 e. The van der Waals surface area contributed by atoms with Gasteiger partial charge in [0.15, 0.2) is 11.9 Å². The summed E-state index contributed by atoms with van der Waals surface area (Å²) in [6.45, 7) is 3.22. The molecule has 0 bridgehead atoms. The van der Waals surface area contributed by atoms with E-state index in [0.29, 0.717) is 0 Å². The number of hydrogen-bond donors (Lipinski definition) is 6. The Morgan fingerprint density at radius 2 is 1.84 bits per heavy atom. The number of phenols is 3. The molecule has 204 valence electrons. The second-order valence-corrected chi connectivity index (χ2v) is 9.72. The maximum Gasteiger partial charge on any atom is 0.345 e. The molecule has 0 aliphatic carbocycles. The van der Waals surface area contributed by atoms with Crippen LogP contribution in [-0.4, -0.2) is 79.7 Å². The number of carbonyl (C=O) groups excluding carboxylic acids is 2. The van der Waals surface area contributed by atoms with Crippen LogP contribution in [-0.2, 0) is 20.7 Å². The summed E-state index contributed by atoms with van der Waals surface area (Å²) in [6.07, 6.45) is -1.86. The summed E-state index contributed by atoms with van der Waals surface area (Å²) in [5.74, 6) is -7.47. The summed E-state index contributed by atoms with van der Waals surface area (Å²) in [7, 11) is 1.24. The highest BCUT2D eigenvalue weighted by Gasteiger charge is 2.76. The molecule has 2 aliphatic heterocycles. The van der Waals surface area contributed by atoms with Gasteiger partial charge in [0, 0.05) is 24.0 Å². The average molecular weight is 531 g/mol. The lowest BCUT2D eigenvalue weighted by atomic mass is 9.73. The van der Waals surface area contributed by atoms with Gasteiger partial charge in [-0.1, -0.05) is 23.8 Å². The molecule has 5 unspecified atom stereocenters. The van der Waals surface area contributed by atoms with Crippen molar-refractivity contribution in [3.05, 3.63) is 58.7 Å². The number of aliphatic hydroxyl groups is 3. The zero-order valence-corrected chi connectivity index (χ0v) is 21.0. The Bertz CT molecular complexity index is 1280. The third-order valence-corrected chi connectivity index (χ3v) is 7.05. The van der Waals surface area contributed by atoms with E-state index in [1.165, 1.54) is 37.4 Å². The summed E-state index contributed by atoms with van der Waals surface area (Å²) >= 11 is 0. The van der Waals surface area contributed by atoms with Crippen molar-refractivity contribution < 1.29 is 54.4 Å². The van der Waals surface area contributed by atoms with Crippen LogP contribution in [0.1, 0.15) is 47.7 Å². The monoisotopic (exact) mass is 530 g/mol. The van der Waals surface area contributed by atoms with E-state index >= 15 is 0 Å². The van der Waals surface area contributed by atoms with E-state index in [4.69, 9.17) is 14.2 Å². The highest BCUT2D eigenvalue weighted by atomic mass is 16.7. The maximum atomic E-state index is 13.7. The van der Waals surface area contributed by atoms with Crippen molar-refractivity contribution in [2.75, 3.05) is 13.7 Å². The molecule has 2 heterocycles. The number of benzene rings is 2. The van der Waals surface area contributed by atoms with Gasteiger partial charge in [-0.15, -0.1) is 0 Å². The number of hydrogen-bond acceptors (Lipinski definition) is 11. The molecule has 0 saturated carbocycles. The smallest absolute Gasteiger partial charge is 0.345 e. The van der Waals surface area contributed by atoms with Crippen LogP contribution in [0.25, 0.3) is 0 Å². The van der Waals surface area contributed by atoms with Gasteiger partial charge in [-0.25, -0.2) is 4.79 Å². The number of methoxy groups -OCH3 is 1. The number of fused-ring (bicyclic) bond motifs is 1. The van der Waals surface area contributed by atoms with Crippen molar-refractivity contribution in [2.24, 2.45) is 0 Å². The molecular weight excluding hydrogens is 500 g/mol. The molecule has 0 aromatic heterocycles. The van der Waals surface area contributed by atoms with Crippen LogP contribution in [0.5, 0.6) is 23.0 Å². The molecule has 0 amide bonds. The minimum atomic E-state index is -2.85. The van der Waals surface area contributed by atoms with E-state index in [0.717, 1.165) is 5.57 Å². The normalized spacial score (nSPS) is 26.9. The molecule has 2 saturated heterocycles. The van der Waals surface area contributed by atoms with E-state index in [1.54, 1.807) is 6.08 Å². The van der Waals surface area contributed by atoms with Gasteiger partial charge in [0.2, 0.25) is 11.4 Å². The Morgan fingerprint density at radius 1 is 1.18 bits per heavy atom. The Morgan fingerprint density at radius 3 is 2.45 bits per heavy atom. The lowest BCUT2D eigenvalue weighted by Gasteiger charge is -2.38. The van der Waals surface area contributed by atoms with Crippen molar-refractivity contribution in [2.45, 2.75) is 56.2 Å². The van der Waals surface area contributed by atoms with Crippen LogP contribution < -0.4 is 4.74 Å². The topological polar surface area (TPSA) is 183 Å². The summed E-state index contributed by atoms with van der Waals surface area (Å²) < 4.78 is 15.6. The third kappa shape index (κ3) is 4.27. The fourth-order valence-electron chi connectivity index (χ4n) is 4.98. The number of rotatable bonds is 8. The van der Waals surface area contributed by atoms with Crippen molar-refractivity contribution in [1.29, 1.82) is 0 Å². The molecule has 2 fully saturated rings. The van der Waals surface area contributed by atoms with E-state index in [-0.39, 0.29) is 40.4 Å². The van der Waals surface area contributed by atoms with Gasteiger partial charge in [-0.05, 0) is 38.0 Å². The van der Waals surface area contributed by atoms with Gasteiger partial charge in [-0.3, -0.25) is 4.79 Å².